The van der Waals surface area contributed by atoms with Gasteiger partial charge >= 0.3 is 5.97 Å². The number of carboxylic acid groups (broad SMARTS) is 1. The number of likely N-dealkylation sites (tertiary alicyclic amines) is 1. The van der Waals surface area contributed by atoms with Crippen LogP contribution in [0.5, 0.6) is 0 Å². The topological polar surface area (TPSA) is 83.9 Å². The summed E-state index contributed by atoms with van der Waals surface area (Å²) in [5.41, 5.74) is 0. The standard InChI is InChI=1S/C13H17NO5/c15-11-9-4-5-10(19-9)12(16)14(11)6-7-2-1-3-8(7)13(17)18/h7-10H,1-6H2,(H,17,18). The largest absolute Gasteiger partial charge is 0.481 e. The maximum Gasteiger partial charge on any atom is 0.306 e. The minimum atomic E-state index is -0.821. The van der Waals surface area contributed by atoms with Crippen LogP contribution in [0.25, 0.3) is 0 Å². The number of amides is 2. The highest BCUT2D eigenvalue weighted by Gasteiger charge is 2.48. The van der Waals surface area contributed by atoms with Crippen molar-refractivity contribution in [2.24, 2.45) is 11.8 Å². The summed E-state index contributed by atoms with van der Waals surface area (Å²) in [6.07, 6.45) is 2.46. The molecule has 1 saturated carbocycles. The van der Waals surface area contributed by atoms with E-state index >= 15 is 0 Å². The van der Waals surface area contributed by atoms with Crippen LogP contribution >= 0.6 is 0 Å². The molecular formula is C13H17NO5. The molecule has 0 aromatic carbocycles. The van der Waals surface area contributed by atoms with Gasteiger partial charge in [0.25, 0.3) is 11.8 Å². The monoisotopic (exact) mass is 267 g/mol. The molecule has 2 heterocycles. The third-order valence-electron chi connectivity index (χ3n) is 4.50. The number of carboxylic acids is 1. The Balaban J connectivity index is 1.73. The van der Waals surface area contributed by atoms with Gasteiger partial charge in [-0.05, 0) is 31.6 Å². The van der Waals surface area contributed by atoms with Gasteiger partial charge in [-0.15, -0.1) is 0 Å². The van der Waals surface area contributed by atoms with Crippen molar-refractivity contribution < 1.29 is 24.2 Å². The second-order valence-electron chi connectivity index (χ2n) is 5.61. The Morgan fingerprint density at radius 1 is 1.16 bits per heavy atom. The normalized spacial score (nSPS) is 38.0. The number of nitrogens with zero attached hydrogens (tertiary/aromatic N) is 1. The Kier molecular flexibility index (Phi) is 3.05. The zero-order valence-corrected chi connectivity index (χ0v) is 10.6. The lowest BCUT2D eigenvalue weighted by atomic mass is 9.95. The fraction of sp³-hybridized carbons (Fsp3) is 0.769. The van der Waals surface area contributed by atoms with Crippen molar-refractivity contribution in [3.8, 4) is 0 Å². The van der Waals surface area contributed by atoms with Crippen LogP contribution in [-0.4, -0.2) is 46.5 Å². The van der Waals surface area contributed by atoms with Crippen LogP contribution in [0.1, 0.15) is 32.1 Å². The summed E-state index contributed by atoms with van der Waals surface area (Å²) in [7, 11) is 0. The molecule has 6 heteroatoms. The zero-order chi connectivity index (χ0) is 13.6. The summed E-state index contributed by atoms with van der Waals surface area (Å²) < 4.78 is 5.33. The summed E-state index contributed by atoms with van der Waals surface area (Å²) >= 11 is 0. The van der Waals surface area contributed by atoms with Crippen molar-refractivity contribution in [3.63, 3.8) is 0 Å². The van der Waals surface area contributed by atoms with Crippen LogP contribution in [0.15, 0.2) is 0 Å². The molecule has 0 spiro atoms. The molecule has 3 fully saturated rings. The highest BCUT2D eigenvalue weighted by atomic mass is 16.5. The Morgan fingerprint density at radius 3 is 2.37 bits per heavy atom. The average Bonchev–Trinajstić information content (AvgIpc) is 3.00. The number of rotatable bonds is 3. The maximum absolute atomic E-state index is 12.1. The lowest BCUT2D eigenvalue weighted by Gasteiger charge is -2.32. The van der Waals surface area contributed by atoms with Gasteiger partial charge in [0.2, 0.25) is 0 Å². The molecule has 0 radical (unpaired) electrons. The van der Waals surface area contributed by atoms with Crippen LogP contribution in [0.2, 0.25) is 0 Å². The molecule has 6 nitrogen and oxygen atoms in total. The molecule has 0 aromatic rings. The van der Waals surface area contributed by atoms with E-state index in [9.17, 15) is 14.4 Å². The van der Waals surface area contributed by atoms with Crippen LogP contribution < -0.4 is 0 Å². The minimum absolute atomic E-state index is 0.108. The van der Waals surface area contributed by atoms with Gasteiger partial charge < -0.3 is 9.84 Å². The van der Waals surface area contributed by atoms with Crippen LogP contribution in [0, 0.1) is 11.8 Å². The highest BCUT2D eigenvalue weighted by molar-refractivity contribution is 6.02. The van der Waals surface area contributed by atoms with Gasteiger partial charge in [0.1, 0.15) is 12.2 Å². The molecule has 1 N–H and O–H groups in total. The summed E-state index contributed by atoms with van der Waals surface area (Å²) in [6, 6.07) is 0. The number of aliphatic carboxylic acids is 1. The Hall–Kier alpha value is -1.43. The molecule has 1 aliphatic carbocycles. The number of morpholine rings is 1. The van der Waals surface area contributed by atoms with E-state index < -0.39 is 24.1 Å². The summed E-state index contributed by atoms with van der Waals surface area (Å²) in [5, 5.41) is 9.15. The van der Waals surface area contributed by atoms with E-state index in [4.69, 9.17) is 9.84 Å². The predicted molar refractivity (Wildman–Crippen MR) is 63.1 cm³/mol. The van der Waals surface area contributed by atoms with Crippen molar-refractivity contribution >= 4 is 17.8 Å². The first-order valence-electron chi connectivity index (χ1n) is 6.81. The summed E-state index contributed by atoms with van der Waals surface area (Å²) in [5.74, 6) is -1.92. The van der Waals surface area contributed by atoms with E-state index in [1.165, 1.54) is 4.90 Å². The first-order chi connectivity index (χ1) is 9.08. The smallest absolute Gasteiger partial charge is 0.306 e. The molecule has 3 rings (SSSR count). The second-order valence-corrected chi connectivity index (χ2v) is 5.61. The lowest BCUT2D eigenvalue weighted by Crippen LogP contribution is -2.53. The van der Waals surface area contributed by atoms with E-state index in [0.717, 1.165) is 12.8 Å². The molecule has 4 unspecified atom stereocenters. The number of carbonyl (C=O) groups is 3. The van der Waals surface area contributed by atoms with Crippen molar-refractivity contribution in [1.29, 1.82) is 0 Å². The van der Waals surface area contributed by atoms with E-state index in [2.05, 4.69) is 0 Å². The van der Waals surface area contributed by atoms with E-state index in [1.54, 1.807) is 0 Å². The molecule has 19 heavy (non-hydrogen) atoms. The Bertz CT molecular complexity index is 413. The van der Waals surface area contributed by atoms with Crippen molar-refractivity contribution in [3.05, 3.63) is 0 Å². The molecule has 2 aliphatic heterocycles. The molecule has 2 bridgehead atoms. The Morgan fingerprint density at radius 2 is 1.79 bits per heavy atom. The average molecular weight is 267 g/mol. The SMILES string of the molecule is O=C(O)C1CCCC1CN1C(=O)C2CCC(O2)C1=O. The molecule has 104 valence electrons. The number of hydrogen-bond donors (Lipinski definition) is 1. The van der Waals surface area contributed by atoms with Crippen LogP contribution in [0.4, 0.5) is 0 Å². The number of imide groups is 1. The maximum atomic E-state index is 12.1. The van der Waals surface area contributed by atoms with Crippen LogP contribution in [0.3, 0.4) is 0 Å². The number of ether oxygens (including phenoxy) is 1. The second kappa shape index (κ2) is 4.59. The number of hydrogen-bond acceptors (Lipinski definition) is 4. The van der Waals surface area contributed by atoms with E-state index in [-0.39, 0.29) is 24.3 Å². The van der Waals surface area contributed by atoms with Crippen LogP contribution in [-0.2, 0) is 19.1 Å². The highest BCUT2D eigenvalue weighted by Crippen LogP contribution is 2.35. The third-order valence-corrected chi connectivity index (χ3v) is 4.50. The van der Waals surface area contributed by atoms with Crippen molar-refractivity contribution in [2.75, 3.05) is 6.54 Å². The van der Waals surface area contributed by atoms with E-state index in [1.807, 2.05) is 0 Å². The fourth-order valence-corrected chi connectivity index (χ4v) is 3.45. The number of fused-ring (bicyclic) bond motifs is 2. The predicted octanol–water partition coefficient (Wildman–Crippen LogP) is 0.404. The summed E-state index contributed by atoms with van der Waals surface area (Å²) in [4.78, 5) is 36.6. The van der Waals surface area contributed by atoms with E-state index in [0.29, 0.717) is 19.3 Å². The van der Waals surface area contributed by atoms with Gasteiger partial charge in [-0.1, -0.05) is 6.42 Å². The third kappa shape index (κ3) is 2.04. The van der Waals surface area contributed by atoms with Crippen molar-refractivity contribution in [1.82, 2.24) is 4.90 Å². The van der Waals surface area contributed by atoms with Gasteiger partial charge in [-0.25, -0.2) is 0 Å². The van der Waals surface area contributed by atoms with Gasteiger partial charge in [0.05, 0.1) is 5.92 Å². The van der Waals surface area contributed by atoms with Gasteiger partial charge in [0, 0.05) is 6.54 Å². The molecule has 0 aromatic heterocycles. The Labute approximate surface area is 110 Å². The summed E-state index contributed by atoms with van der Waals surface area (Å²) in [6.45, 7) is 0.241. The molecule has 2 amide bonds. The fourth-order valence-electron chi connectivity index (χ4n) is 3.45. The first-order valence-corrected chi connectivity index (χ1v) is 6.81. The zero-order valence-electron chi connectivity index (χ0n) is 10.6. The lowest BCUT2D eigenvalue weighted by molar-refractivity contribution is -0.170. The first kappa shape index (κ1) is 12.6. The molecular weight excluding hydrogens is 250 g/mol. The van der Waals surface area contributed by atoms with Gasteiger partial charge in [-0.2, -0.15) is 0 Å². The minimum Gasteiger partial charge on any atom is -0.481 e. The molecule has 4 atom stereocenters. The number of carbonyl (C=O) groups excluding carboxylic acids is 2. The van der Waals surface area contributed by atoms with Gasteiger partial charge in [-0.3, -0.25) is 19.3 Å². The molecule has 2 saturated heterocycles. The van der Waals surface area contributed by atoms with Gasteiger partial charge in [0.15, 0.2) is 0 Å². The molecule has 3 aliphatic rings. The quantitative estimate of drug-likeness (QED) is 0.748. The van der Waals surface area contributed by atoms with Crippen molar-refractivity contribution in [2.45, 2.75) is 44.3 Å².